The van der Waals surface area contributed by atoms with Gasteiger partial charge in [0.25, 0.3) is 0 Å². The molecule has 0 aromatic heterocycles. The van der Waals surface area contributed by atoms with Gasteiger partial charge in [-0.15, -0.1) is 0 Å². The first-order valence-corrected chi connectivity index (χ1v) is 3.88. The summed E-state index contributed by atoms with van der Waals surface area (Å²) in [5.74, 6) is -0.566. The Balaban J connectivity index is 2.53. The van der Waals surface area contributed by atoms with Gasteiger partial charge in [0.15, 0.2) is 0 Å². The lowest BCUT2D eigenvalue weighted by Crippen LogP contribution is -2.41. The molecule has 70 valence electrons. The second-order valence-electron chi connectivity index (χ2n) is 2.94. The Kier molecular flexibility index (Phi) is 2.97. The van der Waals surface area contributed by atoms with Gasteiger partial charge in [0.2, 0.25) is 5.91 Å². The maximum Gasteiger partial charge on any atom is 0.234 e. The summed E-state index contributed by atoms with van der Waals surface area (Å²) in [5, 5.41) is 0. The molecule has 0 saturated carbocycles. The van der Waals surface area contributed by atoms with Crippen molar-refractivity contribution in [1.82, 2.24) is 4.90 Å². The molecule has 0 bridgehead atoms. The molecule has 0 unspecified atom stereocenters. The number of halogens is 2. The van der Waals surface area contributed by atoms with Gasteiger partial charge in [-0.25, -0.2) is 8.78 Å². The van der Waals surface area contributed by atoms with Gasteiger partial charge in [0.1, 0.15) is 12.8 Å². The van der Waals surface area contributed by atoms with E-state index in [0.717, 1.165) is 0 Å². The lowest BCUT2D eigenvalue weighted by molar-refractivity contribution is -0.122. The molecule has 0 aromatic carbocycles. The number of likely N-dealkylation sites (tertiary alicyclic amines) is 1. The van der Waals surface area contributed by atoms with Crippen LogP contribution in [0.15, 0.2) is 0 Å². The molecule has 1 aliphatic rings. The summed E-state index contributed by atoms with van der Waals surface area (Å²) < 4.78 is 24.6. The van der Waals surface area contributed by atoms with Gasteiger partial charge in [-0.1, -0.05) is 0 Å². The van der Waals surface area contributed by atoms with Gasteiger partial charge in [-0.05, 0) is 0 Å². The first kappa shape index (κ1) is 9.38. The zero-order valence-electron chi connectivity index (χ0n) is 6.67. The molecule has 1 fully saturated rings. The molecule has 1 aliphatic heterocycles. The third-order valence-corrected chi connectivity index (χ3v) is 2.05. The smallest absolute Gasteiger partial charge is 0.234 e. The van der Waals surface area contributed by atoms with Gasteiger partial charge in [0.05, 0.1) is 6.04 Å². The van der Waals surface area contributed by atoms with Crippen molar-refractivity contribution < 1.29 is 13.6 Å². The summed E-state index contributed by atoms with van der Waals surface area (Å²) in [7, 11) is 0. The average Bonchev–Trinajstić information content (AvgIpc) is 2.32. The molecule has 3 nitrogen and oxygen atoms in total. The molecular weight excluding hydrogens is 166 g/mol. The standard InChI is InChI=1S/C7H12F2N2O/c8-1-2-11-4-5(9)3-6(11)7(10)12/h5-6H,1-4H2,(H2,10,12)/t5-,6+/m1/s1. The monoisotopic (exact) mass is 178 g/mol. The van der Waals surface area contributed by atoms with E-state index in [1.807, 2.05) is 0 Å². The lowest BCUT2D eigenvalue weighted by atomic mass is 10.2. The highest BCUT2D eigenvalue weighted by Crippen LogP contribution is 2.19. The Morgan fingerprint density at radius 2 is 2.33 bits per heavy atom. The summed E-state index contributed by atoms with van der Waals surface area (Å²) >= 11 is 0. The van der Waals surface area contributed by atoms with E-state index in [-0.39, 0.29) is 19.5 Å². The highest BCUT2D eigenvalue weighted by molar-refractivity contribution is 5.80. The number of nitrogens with zero attached hydrogens (tertiary/aromatic N) is 1. The fourth-order valence-corrected chi connectivity index (χ4v) is 1.50. The molecule has 0 radical (unpaired) electrons. The Hall–Kier alpha value is -0.710. The maximum atomic E-state index is 12.7. The van der Waals surface area contributed by atoms with Gasteiger partial charge < -0.3 is 5.73 Å². The Bertz CT molecular complexity index is 177. The molecule has 2 atom stereocenters. The second kappa shape index (κ2) is 3.80. The van der Waals surface area contributed by atoms with Crippen molar-refractivity contribution in [2.45, 2.75) is 18.6 Å². The summed E-state index contributed by atoms with van der Waals surface area (Å²) in [6, 6.07) is -0.615. The number of carbonyl (C=O) groups is 1. The third-order valence-electron chi connectivity index (χ3n) is 2.05. The van der Waals surface area contributed by atoms with E-state index >= 15 is 0 Å². The van der Waals surface area contributed by atoms with E-state index in [2.05, 4.69) is 0 Å². The number of nitrogens with two attached hydrogens (primary N) is 1. The number of carbonyl (C=O) groups excluding carboxylic acids is 1. The third kappa shape index (κ3) is 1.91. The molecule has 12 heavy (non-hydrogen) atoms. The number of hydrogen-bond donors (Lipinski definition) is 1. The summed E-state index contributed by atoms with van der Waals surface area (Å²) in [6.45, 7) is -0.359. The van der Waals surface area contributed by atoms with Gasteiger partial charge in [-0.2, -0.15) is 0 Å². The second-order valence-corrected chi connectivity index (χ2v) is 2.94. The van der Waals surface area contributed by atoms with E-state index in [0.29, 0.717) is 0 Å². The van der Waals surface area contributed by atoms with Crippen LogP contribution in [0.5, 0.6) is 0 Å². The molecular formula is C7H12F2N2O. The number of amides is 1. The minimum atomic E-state index is -1.05. The van der Waals surface area contributed by atoms with E-state index in [1.54, 1.807) is 0 Å². The van der Waals surface area contributed by atoms with Crippen LogP contribution in [0.2, 0.25) is 0 Å². The van der Waals surface area contributed by atoms with Crippen LogP contribution in [0.4, 0.5) is 8.78 Å². The molecule has 0 spiro atoms. The molecule has 1 rings (SSSR count). The zero-order valence-corrected chi connectivity index (χ0v) is 6.67. The molecule has 0 aromatic rings. The predicted octanol–water partition coefficient (Wildman–Crippen LogP) is -0.146. The average molecular weight is 178 g/mol. The quantitative estimate of drug-likeness (QED) is 0.653. The highest BCUT2D eigenvalue weighted by Gasteiger charge is 2.35. The number of alkyl halides is 2. The molecule has 1 amide bonds. The van der Waals surface area contributed by atoms with Gasteiger partial charge >= 0.3 is 0 Å². The maximum absolute atomic E-state index is 12.7. The van der Waals surface area contributed by atoms with Crippen molar-refractivity contribution in [2.24, 2.45) is 5.73 Å². The highest BCUT2D eigenvalue weighted by atomic mass is 19.1. The molecule has 2 N–H and O–H groups in total. The largest absolute Gasteiger partial charge is 0.368 e. The van der Waals surface area contributed by atoms with Gasteiger partial charge in [0, 0.05) is 19.5 Å². The van der Waals surface area contributed by atoms with Crippen LogP contribution in [0.25, 0.3) is 0 Å². The van der Waals surface area contributed by atoms with Crippen LogP contribution in [0.1, 0.15) is 6.42 Å². The summed E-state index contributed by atoms with van der Waals surface area (Å²) in [5.41, 5.74) is 5.01. The first-order chi connectivity index (χ1) is 5.65. The summed E-state index contributed by atoms with van der Waals surface area (Å²) in [4.78, 5) is 12.2. The molecule has 0 aliphatic carbocycles. The fraction of sp³-hybridized carbons (Fsp3) is 0.857. The van der Waals surface area contributed by atoms with E-state index in [4.69, 9.17) is 5.73 Å². The SMILES string of the molecule is NC(=O)[C@@H]1C[C@@H](F)CN1CCF. The van der Waals surface area contributed by atoms with Crippen LogP contribution < -0.4 is 5.73 Å². The first-order valence-electron chi connectivity index (χ1n) is 3.88. The van der Waals surface area contributed by atoms with Crippen molar-refractivity contribution in [3.8, 4) is 0 Å². The molecule has 1 heterocycles. The number of primary amides is 1. The van der Waals surface area contributed by atoms with Crippen molar-refractivity contribution in [3.05, 3.63) is 0 Å². The minimum absolute atomic E-state index is 0.0913. The van der Waals surface area contributed by atoms with E-state index in [1.165, 1.54) is 4.90 Å². The fourth-order valence-electron chi connectivity index (χ4n) is 1.50. The van der Waals surface area contributed by atoms with Crippen molar-refractivity contribution in [2.75, 3.05) is 19.8 Å². The predicted molar refractivity (Wildman–Crippen MR) is 40.0 cm³/mol. The van der Waals surface area contributed by atoms with Crippen LogP contribution in [-0.2, 0) is 4.79 Å². The summed E-state index contributed by atoms with van der Waals surface area (Å²) in [6.07, 6.45) is -0.941. The van der Waals surface area contributed by atoms with E-state index in [9.17, 15) is 13.6 Å². The molecule has 5 heteroatoms. The number of hydrogen-bond acceptors (Lipinski definition) is 2. The molecule has 1 saturated heterocycles. The Morgan fingerprint density at radius 3 is 2.83 bits per heavy atom. The van der Waals surface area contributed by atoms with E-state index < -0.39 is 24.8 Å². The Labute approximate surface area is 69.5 Å². The van der Waals surface area contributed by atoms with Crippen molar-refractivity contribution in [3.63, 3.8) is 0 Å². The van der Waals surface area contributed by atoms with Crippen LogP contribution in [0.3, 0.4) is 0 Å². The zero-order chi connectivity index (χ0) is 9.14. The van der Waals surface area contributed by atoms with Crippen LogP contribution in [-0.4, -0.2) is 42.8 Å². The van der Waals surface area contributed by atoms with Gasteiger partial charge in [-0.3, -0.25) is 9.69 Å². The topological polar surface area (TPSA) is 46.3 Å². The van der Waals surface area contributed by atoms with Crippen LogP contribution in [0, 0.1) is 0 Å². The minimum Gasteiger partial charge on any atom is -0.368 e. The Morgan fingerprint density at radius 1 is 1.67 bits per heavy atom. The van der Waals surface area contributed by atoms with Crippen molar-refractivity contribution in [1.29, 1.82) is 0 Å². The van der Waals surface area contributed by atoms with Crippen LogP contribution >= 0.6 is 0 Å². The lowest BCUT2D eigenvalue weighted by Gasteiger charge is -2.18. The number of rotatable bonds is 3. The normalized spacial score (nSPS) is 30.8. The van der Waals surface area contributed by atoms with Crippen molar-refractivity contribution >= 4 is 5.91 Å².